The van der Waals surface area contributed by atoms with Crippen LogP contribution in [0.2, 0.25) is 0 Å². The molecular weight excluding hydrogens is 346 g/mol. The standard InChI is InChI=1S/C20H25N3O4/c1-16(24)23(14-15-27-19-10-8-18(26-2)9-11-19)13-12-21-20(25)22-17-6-4-3-5-7-17/h3-11H,12-15H2,1-2H3,(H2,21,22,25). The maximum absolute atomic E-state index is 11.9. The van der Waals surface area contributed by atoms with Gasteiger partial charge in [0.25, 0.3) is 0 Å². The third kappa shape index (κ3) is 7.27. The van der Waals surface area contributed by atoms with E-state index in [9.17, 15) is 9.59 Å². The van der Waals surface area contributed by atoms with E-state index >= 15 is 0 Å². The summed E-state index contributed by atoms with van der Waals surface area (Å²) >= 11 is 0. The highest BCUT2D eigenvalue weighted by Crippen LogP contribution is 2.16. The van der Waals surface area contributed by atoms with Crippen LogP contribution in [0.15, 0.2) is 54.6 Å². The molecule has 7 heteroatoms. The van der Waals surface area contributed by atoms with E-state index in [0.29, 0.717) is 37.7 Å². The Labute approximate surface area is 159 Å². The Bertz CT molecular complexity index is 720. The van der Waals surface area contributed by atoms with Crippen molar-refractivity contribution < 1.29 is 19.1 Å². The number of ether oxygens (including phenoxy) is 2. The van der Waals surface area contributed by atoms with E-state index < -0.39 is 0 Å². The van der Waals surface area contributed by atoms with Crippen LogP contribution in [0.25, 0.3) is 0 Å². The smallest absolute Gasteiger partial charge is 0.319 e. The van der Waals surface area contributed by atoms with Crippen molar-refractivity contribution in [3.8, 4) is 11.5 Å². The van der Waals surface area contributed by atoms with Crippen LogP contribution in [-0.2, 0) is 4.79 Å². The summed E-state index contributed by atoms with van der Waals surface area (Å²) in [5.74, 6) is 1.39. The number of nitrogens with zero attached hydrogens (tertiary/aromatic N) is 1. The molecule has 27 heavy (non-hydrogen) atoms. The number of carbonyl (C=O) groups excluding carboxylic acids is 2. The second-order valence-corrected chi connectivity index (χ2v) is 5.78. The summed E-state index contributed by atoms with van der Waals surface area (Å²) < 4.78 is 10.7. The lowest BCUT2D eigenvalue weighted by atomic mass is 10.3. The molecule has 3 amide bonds. The minimum atomic E-state index is -0.306. The second kappa shape index (κ2) is 10.7. The number of para-hydroxylation sites is 1. The summed E-state index contributed by atoms with van der Waals surface area (Å²) in [6, 6.07) is 16.1. The normalized spacial score (nSPS) is 10.0. The van der Waals surface area contributed by atoms with Gasteiger partial charge in [0, 0.05) is 25.7 Å². The van der Waals surface area contributed by atoms with Gasteiger partial charge in [0.05, 0.1) is 13.7 Å². The average Bonchev–Trinajstić information content (AvgIpc) is 2.68. The Morgan fingerprint density at radius 1 is 0.963 bits per heavy atom. The van der Waals surface area contributed by atoms with E-state index in [2.05, 4.69) is 10.6 Å². The third-order valence-corrected chi connectivity index (χ3v) is 3.83. The summed E-state index contributed by atoms with van der Waals surface area (Å²) in [7, 11) is 1.61. The SMILES string of the molecule is COc1ccc(OCCN(CCNC(=O)Nc2ccccc2)C(C)=O)cc1. The Morgan fingerprint density at radius 2 is 1.63 bits per heavy atom. The predicted octanol–water partition coefficient (Wildman–Crippen LogP) is 2.74. The molecule has 2 rings (SSSR count). The molecule has 0 saturated heterocycles. The fourth-order valence-corrected chi connectivity index (χ4v) is 2.37. The second-order valence-electron chi connectivity index (χ2n) is 5.78. The van der Waals surface area contributed by atoms with Gasteiger partial charge in [-0.15, -0.1) is 0 Å². The molecule has 0 aliphatic heterocycles. The summed E-state index contributed by atoms with van der Waals surface area (Å²) in [6.45, 7) is 3.05. The number of carbonyl (C=O) groups is 2. The van der Waals surface area contributed by atoms with Crippen molar-refractivity contribution in [1.82, 2.24) is 10.2 Å². The topological polar surface area (TPSA) is 79.9 Å². The van der Waals surface area contributed by atoms with Crippen LogP contribution in [0.1, 0.15) is 6.92 Å². The molecule has 0 aliphatic rings. The monoisotopic (exact) mass is 371 g/mol. The molecule has 0 aliphatic carbocycles. The highest BCUT2D eigenvalue weighted by Gasteiger charge is 2.09. The number of hydrogen-bond acceptors (Lipinski definition) is 4. The van der Waals surface area contributed by atoms with Crippen LogP contribution >= 0.6 is 0 Å². The lowest BCUT2D eigenvalue weighted by Gasteiger charge is -2.21. The molecule has 0 spiro atoms. The molecular formula is C20H25N3O4. The maximum atomic E-state index is 11.9. The average molecular weight is 371 g/mol. The van der Waals surface area contributed by atoms with Gasteiger partial charge in [-0.05, 0) is 36.4 Å². The first-order valence-electron chi connectivity index (χ1n) is 8.71. The summed E-state index contributed by atoms with van der Waals surface area (Å²) in [6.07, 6.45) is 0. The van der Waals surface area contributed by atoms with Crippen molar-refractivity contribution in [2.45, 2.75) is 6.92 Å². The van der Waals surface area contributed by atoms with E-state index in [1.54, 1.807) is 24.1 Å². The predicted molar refractivity (Wildman–Crippen MR) is 104 cm³/mol. The van der Waals surface area contributed by atoms with Gasteiger partial charge < -0.3 is 25.0 Å². The van der Waals surface area contributed by atoms with Gasteiger partial charge in [0.2, 0.25) is 5.91 Å². The largest absolute Gasteiger partial charge is 0.497 e. The minimum Gasteiger partial charge on any atom is -0.497 e. The molecule has 7 nitrogen and oxygen atoms in total. The fourth-order valence-electron chi connectivity index (χ4n) is 2.37. The summed E-state index contributed by atoms with van der Waals surface area (Å²) in [5, 5.41) is 5.47. The van der Waals surface area contributed by atoms with Crippen molar-refractivity contribution in [2.24, 2.45) is 0 Å². The van der Waals surface area contributed by atoms with Gasteiger partial charge in [-0.3, -0.25) is 4.79 Å². The van der Waals surface area contributed by atoms with Crippen molar-refractivity contribution >= 4 is 17.6 Å². The van der Waals surface area contributed by atoms with Crippen LogP contribution in [0.5, 0.6) is 11.5 Å². The lowest BCUT2D eigenvalue weighted by Crippen LogP contribution is -2.40. The molecule has 2 N–H and O–H groups in total. The Kier molecular flexibility index (Phi) is 7.96. The molecule has 2 aromatic rings. The minimum absolute atomic E-state index is 0.0707. The number of methoxy groups -OCH3 is 1. The highest BCUT2D eigenvalue weighted by atomic mass is 16.5. The van der Waals surface area contributed by atoms with Crippen molar-refractivity contribution in [3.63, 3.8) is 0 Å². The highest BCUT2D eigenvalue weighted by molar-refractivity contribution is 5.89. The Hall–Kier alpha value is -3.22. The van der Waals surface area contributed by atoms with Crippen LogP contribution < -0.4 is 20.1 Å². The van der Waals surface area contributed by atoms with E-state index in [-0.39, 0.29) is 11.9 Å². The number of anilines is 1. The quantitative estimate of drug-likeness (QED) is 0.710. The number of rotatable bonds is 9. The van der Waals surface area contributed by atoms with Crippen molar-refractivity contribution in [1.29, 1.82) is 0 Å². The third-order valence-electron chi connectivity index (χ3n) is 3.83. The molecule has 0 saturated carbocycles. The first-order valence-corrected chi connectivity index (χ1v) is 8.71. The first kappa shape index (κ1) is 20.1. The lowest BCUT2D eigenvalue weighted by molar-refractivity contribution is -0.129. The van der Waals surface area contributed by atoms with E-state index in [4.69, 9.17) is 9.47 Å². The Morgan fingerprint density at radius 3 is 2.26 bits per heavy atom. The van der Waals surface area contributed by atoms with Gasteiger partial charge in [0.15, 0.2) is 0 Å². The molecule has 0 atom stereocenters. The van der Waals surface area contributed by atoms with Gasteiger partial charge in [-0.2, -0.15) is 0 Å². The van der Waals surface area contributed by atoms with E-state index in [0.717, 1.165) is 5.75 Å². The molecule has 0 bridgehead atoms. The van der Waals surface area contributed by atoms with Gasteiger partial charge in [-0.1, -0.05) is 18.2 Å². The van der Waals surface area contributed by atoms with Crippen LogP contribution in [0.3, 0.4) is 0 Å². The Balaban J connectivity index is 1.69. The van der Waals surface area contributed by atoms with Crippen LogP contribution in [0.4, 0.5) is 10.5 Å². The summed E-state index contributed by atoms with van der Waals surface area (Å²) in [5.41, 5.74) is 0.714. The van der Waals surface area contributed by atoms with Crippen molar-refractivity contribution in [2.75, 3.05) is 38.7 Å². The maximum Gasteiger partial charge on any atom is 0.319 e. The molecule has 0 heterocycles. The zero-order valence-electron chi connectivity index (χ0n) is 15.6. The van der Waals surface area contributed by atoms with E-state index in [1.165, 1.54) is 6.92 Å². The first-order chi connectivity index (χ1) is 13.1. The molecule has 2 aromatic carbocycles. The van der Waals surface area contributed by atoms with Crippen LogP contribution in [-0.4, -0.2) is 50.2 Å². The summed E-state index contributed by atoms with van der Waals surface area (Å²) in [4.78, 5) is 25.2. The van der Waals surface area contributed by atoms with Gasteiger partial charge in [-0.25, -0.2) is 4.79 Å². The molecule has 0 aromatic heterocycles. The molecule has 0 radical (unpaired) electrons. The fraction of sp³-hybridized carbons (Fsp3) is 0.300. The zero-order valence-corrected chi connectivity index (χ0v) is 15.6. The molecule has 0 unspecified atom stereocenters. The van der Waals surface area contributed by atoms with Gasteiger partial charge in [0.1, 0.15) is 18.1 Å². The number of benzene rings is 2. The number of urea groups is 1. The van der Waals surface area contributed by atoms with E-state index in [1.807, 2.05) is 42.5 Å². The number of hydrogen-bond donors (Lipinski definition) is 2. The molecule has 0 fully saturated rings. The zero-order chi connectivity index (χ0) is 19.5. The molecule has 144 valence electrons. The van der Waals surface area contributed by atoms with Crippen molar-refractivity contribution in [3.05, 3.63) is 54.6 Å². The van der Waals surface area contributed by atoms with Crippen LogP contribution in [0, 0.1) is 0 Å². The number of nitrogens with one attached hydrogen (secondary N) is 2. The van der Waals surface area contributed by atoms with Gasteiger partial charge >= 0.3 is 6.03 Å². The number of amides is 3.